The lowest BCUT2D eigenvalue weighted by Gasteiger charge is -2.02. The first-order valence-corrected chi connectivity index (χ1v) is 3.21. The van der Waals surface area contributed by atoms with Crippen molar-refractivity contribution in [3.05, 3.63) is 0 Å². The van der Waals surface area contributed by atoms with Crippen molar-refractivity contribution in [3.63, 3.8) is 0 Å². The van der Waals surface area contributed by atoms with E-state index < -0.39 is 5.54 Å². The number of carbonyl (C=O) groups excluding carboxylic acids is 2. The van der Waals surface area contributed by atoms with Crippen molar-refractivity contribution in [1.29, 1.82) is 0 Å². The second-order valence-electron chi connectivity index (χ2n) is 3.39. The Morgan fingerprint density at radius 3 is 2.00 bits per heavy atom. The Morgan fingerprint density at radius 1 is 1.40 bits per heavy atom. The fourth-order valence-corrected chi connectivity index (χ4v) is 1.38. The molecule has 0 aromatic heterocycles. The molecule has 0 spiro atoms. The van der Waals surface area contributed by atoms with Crippen molar-refractivity contribution in [2.75, 3.05) is 0 Å². The summed E-state index contributed by atoms with van der Waals surface area (Å²) in [6.07, 6.45) is 1.43. The number of rotatable bonds is 2. The molecule has 2 unspecified atom stereocenters. The SMILES string of the molecule is CC1(C)C(C=O)C1(N)C=O. The van der Waals surface area contributed by atoms with Crippen LogP contribution in [-0.4, -0.2) is 18.1 Å². The van der Waals surface area contributed by atoms with Gasteiger partial charge in [0.25, 0.3) is 0 Å². The monoisotopic (exact) mass is 141 g/mol. The van der Waals surface area contributed by atoms with Gasteiger partial charge < -0.3 is 15.3 Å². The zero-order chi connectivity index (χ0) is 7.99. The minimum absolute atomic E-state index is 0.294. The molecule has 0 aromatic rings. The van der Waals surface area contributed by atoms with E-state index in [9.17, 15) is 9.59 Å². The minimum Gasteiger partial charge on any atom is -0.318 e. The van der Waals surface area contributed by atoms with Crippen LogP contribution in [0.1, 0.15) is 13.8 Å². The van der Waals surface area contributed by atoms with Crippen molar-refractivity contribution in [2.24, 2.45) is 17.1 Å². The Balaban J connectivity index is 2.87. The van der Waals surface area contributed by atoms with Crippen molar-refractivity contribution >= 4 is 12.6 Å². The van der Waals surface area contributed by atoms with Gasteiger partial charge in [0.05, 0.1) is 5.54 Å². The molecule has 1 saturated carbocycles. The summed E-state index contributed by atoms with van der Waals surface area (Å²) in [5.74, 6) is -0.294. The molecule has 1 aliphatic carbocycles. The van der Waals surface area contributed by atoms with Crippen LogP contribution in [0.3, 0.4) is 0 Å². The van der Waals surface area contributed by atoms with Gasteiger partial charge in [-0.3, -0.25) is 0 Å². The van der Waals surface area contributed by atoms with Crippen LogP contribution in [-0.2, 0) is 9.59 Å². The van der Waals surface area contributed by atoms with Crippen molar-refractivity contribution in [3.8, 4) is 0 Å². The first kappa shape index (κ1) is 7.41. The summed E-state index contributed by atoms with van der Waals surface area (Å²) >= 11 is 0. The van der Waals surface area contributed by atoms with Crippen LogP contribution in [0.5, 0.6) is 0 Å². The molecule has 10 heavy (non-hydrogen) atoms. The molecule has 3 heteroatoms. The summed E-state index contributed by atoms with van der Waals surface area (Å²) in [6, 6.07) is 0. The standard InChI is InChI=1S/C7H11NO2/c1-6(2)5(3-9)7(6,8)4-10/h3-5H,8H2,1-2H3. The van der Waals surface area contributed by atoms with Gasteiger partial charge in [-0.05, 0) is 0 Å². The predicted molar refractivity (Wildman–Crippen MR) is 36.3 cm³/mol. The fraction of sp³-hybridized carbons (Fsp3) is 0.714. The molecule has 0 heterocycles. The molecule has 1 aliphatic rings. The molecular formula is C7H11NO2. The van der Waals surface area contributed by atoms with Gasteiger partial charge in [-0.15, -0.1) is 0 Å². The molecule has 0 radical (unpaired) electrons. The van der Waals surface area contributed by atoms with Gasteiger partial charge in [-0.25, -0.2) is 0 Å². The maximum atomic E-state index is 10.4. The number of hydrogen-bond donors (Lipinski definition) is 1. The predicted octanol–water partition coefficient (Wildman–Crippen LogP) is -0.262. The third-order valence-corrected chi connectivity index (χ3v) is 2.66. The van der Waals surface area contributed by atoms with Gasteiger partial charge in [0.1, 0.15) is 12.6 Å². The third kappa shape index (κ3) is 0.534. The number of carbonyl (C=O) groups is 2. The van der Waals surface area contributed by atoms with Gasteiger partial charge in [0.15, 0.2) is 0 Å². The lowest BCUT2D eigenvalue weighted by Crippen LogP contribution is -2.31. The van der Waals surface area contributed by atoms with E-state index in [0.29, 0.717) is 6.29 Å². The Labute approximate surface area is 59.6 Å². The first-order valence-electron chi connectivity index (χ1n) is 3.21. The van der Waals surface area contributed by atoms with E-state index in [1.807, 2.05) is 13.8 Å². The molecule has 0 bridgehead atoms. The van der Waals surface area contributed by atoms with E-state index in [1.165, 1.54) is 0 Å². The van der Waals surface area contributed by atoms with Gasteiger partial charge in [0, 0.05) is 11.3 Å². The van der Waals surface area contributed by atoms with Crippen LogP contribution >= 0.6 is 0 Å². The van der Waals surface area contributed by atoms with Gasteiger partial charge in [-0.2, -0.15) is 0 Å². The first-order chi connectivity index (χ1) is 4.50. The zero-order valence-electron chi connectivity index (χ0n) is 6.13. The Hall–Kier alpha value is -0.700. The van der Waals surface area contributed by atoms with E-state index in [1.54, 1.807) is 0 Å². The van der Waals surface area contributed by atoms with Gasteiger partial charge >= 0.3 is 0 Å². The van der Waals surface area contributed by atoms with E-state index in [4.69, 9.17) is 5.73 Å². The molecule has 0 amide bonds. The maximum absolute atomic E-state index is 10.4. The van der Waals surface area contributed by atoms with Crippen molar-refractivity contribution < 1.29 is 9.59 Å². The average molecular weight is 141 g/mol. The molecule has 2 atom stereocenters. The molecule has 0 aromatic carbocycles. The van der Waals surface area contributed by atoms with Crippen LogP contribution in [0, 0.1) is 11.3 Å². The number of hydrogen-bond acceptors (Lipinski definition) is 3. The second kappa shape index (κ2) is 1.66. The minimum atomic E-state index is -0.894. The molecule has 1 rings (SSSR count). The average Bonchev–Trinajstić information content (AvgIpc) is 2.29. The molecule has 0 saturated heterocycles. The third-order valence-electron chi connectivity index (χ3n) is 2.66. The normalized spacial score (nSPS) is 42.5. The fourth-order valence-electron chi connectivity index (χ4n) is 1.38. The highest BCUT2D eigenvalue weighted by atomic mass is 16.1. The van der Waals surface area contributed by atoms with E-state index >= 15 is 0 Å². The number of aldehydes is 2. The Kier molecular flexibility index (Phi) is 1.23. The van der Waals surface area contributed by atoms with E-state index in [0.717, 1.165) is 6.29 Å². The van der Waals surface area contributed by atoms with Crippen LogP contribution in [0.25, 0.3) is 0 Å². The second-order valence-corrected chi connectivity index (χ2v) is 3.39. The largest absolute Gasteiger partial charge is 0.318 e. The summed E-state index contributed by atoms with van der Waals surface area (Å²) in [5.41, 5.74) is 4.35. The molecule has 1 fully saturated rings. The van der Waals surface area contributed by atoms with Crippen molar-refractivity contribution in [2.45, 2.75) is 19.4 Å². The maximum Gasteiger partial charge on any atom is 0.141 e. The van der Waals surface area contributed by atoms with Gasteiger partial charge in [-0.1, -0.05) is 13.8 Å². The summed E-state index contributed by atoms with van der Waals surface area (Å²) in [4.78, 5) is 20.7. The summed E-state index contributed by atoms with van der Waals surface area (Å²) < 4.78 is 0. The highest BCUT2D eigenvalue weighted by Gasteiger charge is 2.69. The molecule has 2 N–H and O–H groups in total. The smallest absolute Gasteiger partial charge is 0.141 e. The van der Waals surface area contributed by atoms with E-state index in [-0.39, 0.29) is 11.3 Å². The summed E-state index contributed by atoms with van der Waals surface area (Å²) in [5, 5.41) is 0. The molecule has 56 valence electrons. The highest BCUT2D eigenvalue weighted by Crippen LogP contribution is 2.57. The summed E-state index contributed by atoms with van der Waals surface area (Å²) in [7, 11) is 0. The van der Waals surface area contributed by atoms with Crippen LogP contribution in [0.2, 0.25) is 0 Å². The van der Waals surface area contributed by atoms with Crippen LogP contribution in [0.15, 0.2) is 0 Å². The lowest BCUT2D eigenvalue weighted by molar-refractivity contribution is -0.113. The van der Waals surface area contributed by atoms with E-state index in [2.05, 4.69) is 0 Å². The van der Waals surface area contributed by atoms with Crippen molar-refractivity contribution in [1.82, 2.24) is 0 Å². The highest BCUT2D eigenvalue weighted by molar-refractivity contribution is 5.83. The lowest BCUT2D eigenvalue weighted by atomic mass is 10.1. The number of nitrogens with two attached hydrogens (primary N) is 1. The summed E-state index contributed by atoms with van der Waals surface area (Å²) in [6.45, 7) is 3.64. The van der Waals surface area contributed by atoms with Crippen LogP contribution < -0.4 is 5.73 Å². The Morgan fingerprint density at radius 2 is 1.90 bits per heavy atom. The van der Waals surface area contributed by atoms with Gasteiger partial charge in [0.2, 0.25) is 0 Å². The Bertz CT molecular complexity index is 188. The molecule has 0 aliphatic heterocycles. The molecule has 3 nitrogen and oxygen atoms in total. The topological polar surface area (TPSA) is 60.2 Å². The zero-order valence-corrected chi connectivity index (χ0v) is 6.13. The quantitative estimate of drug-likeness (QED) is 0.539. The van der Waals surface area contributed by atoms with Crippen LogP contribution in [0.4, 0.5) is 0 Å². The molecular weight excluding hydrogens is 130 g/mol.